The van der Waals surface area contributed by atoms with E-state index in [4.69, 9.17) is 4.74 Å². The molecule has 2 unspecified atom stereocenters. The summed E-state index contributed by atoms with van der Waals surface area (Å²) >= 11 is 0. The number of likely N-dealkylation sites (N-methyl/N-ethyl adjacent to an activating group) is 1. The summed E-state index contributed by atoms with van der Waals surface area (Å²) in [5.41, 5.74) is 0.579. The van der Waals surface area contributed by atoms with Crippen molar-refractivity contribution >= 4 is 0 Å². The maximum atomic E-state index is 5.56. The van der Waals surface area contributed by atoms with E-state index in [1.807, 2.05) is 0 Å². The average Bonchev–Trinajstić information content (AvgIpc) is 2.95. The Morgan fingerprint density at radius 3 is 2.72 bits per heavy atom. The maximum Gasteiger partial charge on any atom is 0.0471 e. The molecule has 0 bridgehead atoms. The summed E-state index contributed by atoms with van der Waals surface area (Å²) in [5, 5.41) is 3.92. The van der Waals surface area contributed by atoms with Gasteiger partial charge in [0, 0.05) is 31.8 Å². The molecule has 2 heterocycles. The van der Waals surface area contributed by atoms with Crippen molar-refractivity contribution in [2.45, 2.75) is 57.0 Å². The molecule has 3 heteroatoms. The van der Waals surface area contributed by atoms with E-state index >= 15 is 0 Å². The van der Waals surface area contributed by atoms with Crippen LogP contribution < -0.4 is 5.32 Å². The fraction of sp³-hybridized carbons (Fsp3) is 1.00. The van der Waals surface area contributed by atoms with Gasteiger partial charge < -0.3 is 15.0 Å². The Hall–Kier alpha value is -0.120. The third-order valence-corrected chi connectivity index (χ3v) is 5.67. The van der Waals surface area contributed by atoms with Crippen molar-refractivity contribution in [2.24, 2.45) is 5.41 Å². The van der Waals surface area contributed by atoms with E-state index in [1.54, 1.807) is 0 Å². The van der Waals surface area contributed by atoms with E-state index in [-0.39, 0.29) is 0 Å². The van der Waals surface area contributed by atoms with E-state index in [9.17, 15) is 0 Å². The lowest BCUT2D eigenvalue weighted by molar-refractivity contribution is 0.00371. The van der Waals surface area contributed by atoms with Gasteiger partial charge >= 0.3 is 0 Å². The Balaban J connectivity index is 1.54. The number of nitrogens with zero attached hydrogens (tertiary/aromatic N) is 1. The Morgan fingerprint density at radius 2 is 2.00 bits per heavy atom. The smallest absolute Gasteiger partial charge is 0.0471 e. The highest BCUT2D eigenvalue weighted by molar-refractivity contribution is 4.98. The third-order valence-electron chi connectivity index (χ3n) is 5.67. The van der Waals surface area contributed by atoms with Gasteiger partial charge in [-0.1, -0.05) is 6.42 Å². The van der Waals surface area contributed by atoms with Crippen LogP contribution in [0.2, 0.25) is 0 Å². The molecule has 2 aliphatic heterocycles. The monoisotopic (exact) mass is 252 g/mol. The van der Waals surface area contributed by atoms with Crippen LogP contribution in [0, 0.1) is 5.41 Å². The molecule has 104 valence electrons. The number of hydrogen-bond donors (Lipinski definition) is 1. The lowest BCUT2D eigenvalue weighted by Crippen LogP contribution is -2.48. The first-order valence-electron chi connectivity index (χ1n) is 7.82. The summed E-state index contributed by atoms with van der Waals surface area (Å²) in [6.45, 7) is 4.46. The van der Waals surface area contributed by atoms with Gasteiger partial charge in [-0.2, -0.15) is 0 Å². The fourth-order valence-electron chi connectivity index (χ4n) is 4.35. The van der Waals surface area contributed by atoms with Gasteiger partial charge in [-0.15, -0.1) is 0 Å². The highest BCUT2D eigenvalue weighted by Gasteiger charge is 2.43. The molecular weight excluding hydrogens is 224 g/mol. The van der Waals surface area contributed by atoms with Gasteiger partial charge in [-0.3, -0.25) is 0 Å². The average molecular weight is 252 g/mol. The SMILES string of the molecule is CN1CCCC1CNC1CCCC12CCOCC2. The molecule has 0 radical (unpaired) electrons. The van der Waals surface area contributed by atoms with Crippen molar-refractivity contribution in [2.75, 3.05) is 33.4 Å². The number of hydrogen-bond acceptors (Lipinski definition) is 3. The van der Waals surface area contributed by atoms with Gasteiger partial charge in [0.05, 0.1) is 0 Å². The summed E-state index contributed by atoms with van der Waals surface area (Å²) in [7, 11) is 2.28. The lowest BCUT2D eigenvalue weighted by atomic mass is 9.75. The zero-order valence-corrected chi connectivity index (χ0v) is 11.8. The number of nitrogens with one attached hydrogen (secondary N) is 1. The van der Waals surface area contributed by atoms with Crippen molar-refractivity contribution in [3.63, 3.8) is 0 Å². The number of ether oxygens (including phenoxy) is 1. The van der Waals surface area contributed by atoms with Crippen LogP contribution in [-0.2, 0) is 4.74 Å². The van der Waals surface area contributed by atoms with Crippen LogP contribution in [0.15, 0.2) is 0 Å². The molecule has 1 saturated carbocycles. The van der Waals surface area contributed by atoms with Crippen LogP contribution in [-0.4, -0.2) is 50.3 Å². The van der Waals surface area contributed by atoms with Crippen molar-refractivity contribution in [3.05, 3.63) is 0 Å². The van der Waals surface area contributed by atoms with Crippen molar-refractivity contribution in [3.8, 4) is 0 Å². The van der Waals surface area contributed by atoms with Crippen LogP contribution in [0.5, 0.6) is 0 Å². The number of likely N-dealkylation sites (tertiary alicyclic amines) is 1. The molecule has 18 heavy (non-hydrogen) atoms. The minimum absolute atomic E-state index is 0.579. The van der Waals surface area contributed by atoms with Gasteiger partial charge in [0.25, 0.3) is 0 Å². The molecule has 1 spiro atoms. The molecule has 1 aliphatic carbocycles. The van der Waals surface area contributed by atoms with Crippen molar-refractivity contribution in [1.29, 1.82) is 0 Å². The summed E-state index contributed by atoms with van der Waals surface area (Å²) in [5.74, 6) is 0. The summed E-state index contributed by atoms with van der Waals surface area (Å²) in [6.07, 6.45) is 9.55. The molecule has 2 saturated heterocycles. The third kappa shape index (κ3) is 2.45. The quantitative estimate of drug-likeness (QED) is 0.831. The van der Waals surface area contributed by atoms with Gasteiger partial charge in [0.15, 0.2) is 0 Å². The van der Waals surface area contributed by atoms with E-state index in [0.29, 0.717) is 5.41 Å². The predicted molar refractivity (Wildman–Crippen MR) is 73.8 cm³/mol. The minimum atomic E-state index is 0.579. The second kappa shape index (κ2) is 5.48. The minimum Gasteiger partial charge on any atom is -0.381 e. The second-order valence-corrected chi connectivity index (χ2v) is 6.60. The molecule has 3 fully saturated rings. The predicted octanol–water partition coefficient (Wildman–Crippen LogP) is 2.02. The first kappa shape index (κ1) is 12.9. The lowest BCUT2D eigenvalue weighted by Gasteiger charge is -2.40. The topological polar surface area (TPSA) is 24.5 Å². The largest absolute Gasteiger partial charge is 0.381 e. The summed E-state index contributed by atoms with van der Waals surface area (Å²) in [4.78, 5) is 2.53. The highest BCUT2D eigenvalue weighted by atomic mass is 16.5. The van der Waals surface area contributed by atoms with Crippen LogP contribution in [0.25, 0.3) is 0 Å². The van der Waals surface area contributed by atoms with Crippen LogP contribution in [0.1, 0.15) is 44.9 Å². The Morgan fingerprint density at radius 1 is 1.17 bits per heavy atom. The molecule has 0 aromatic carbocycles. The normalized spacial score (nSPS) is 36.5. The number of rotatable bonds is 3. The second-order valence-electron chi connectivity index (χ2n) is 6.60. The van der Waals surface area contributed by atoms with E-state index in [2.05, 4.69) is 17.3 Å². The molecule has 2 atom stereocenters. The molecular formula is C15H28N2O. The standard InChI is InChI=1S/C15H28N2O/c1-17-9-3-4-13(17)12-16-14-5-2-6-15(14)7-10-18-11-8-15/h13-14,16H,2-12H2,1H3. The fourth-order valence-corrected chi connectivity index (χ4v) is 4.35. The Labute approximate surface area is 111 Å². The van der Waals surface area contributed by atoms with Crippen molar-refractivity contribution < 1.29 is 4.74 Å². The van der Waals surface area contributed by atoms with E-state index < -0.39 is 0 Å². The highest BCUT2D eigenvalue weighted by Crippen LogP contribution is 2.45. The van der Waals surface area contributed by atoms with E-state index in [0.717, 1.165) is 25.3 Å². The summed E-state index contributed by atoms with van der Waals surface area (Å²) in [6, 6.07) is 1.54. The van der Waals surface area contributed by atoms with E-state index in [1.165, 1.54) is 58.0 Å². The first-order chi connectivity index (χ1) is 8.80. The van der Waals surface area contributed by atoms with Crippen molar-refractivity contribution in [1.82, 2.24) is 10.2 Å². The maximum absolute atomic E-state index is 5.56. The molecule has 3 aliphatic rings. The zero-order chi connectivity index (χ0) is 12.4. The van der Waals surface area contributed by atoms with Gasteiger partial charge in [-0.05, 0) is 57.5 Å². The molecule has 3 rings (SSSR count). The molecule has 1 N–H and O–H groups in total. The molecule has 0 aromatic heterocycles. The molecule has 0 aromatic rings. The van der Waals surface area contributed by atoms with Gasteiger partial charge in [-0.25, -0.2) is 0 Å². The van der Waals surface area contributed by atoms with Crippen LogP contribution in [0.4, 0.5) is 0 Å². The molecule has 0 amide bonds. The summed E-state index contributed by atoms with van der Waals surface area (Å²) < 4.78 is 5.56. The van der Waals surface area contributed by atoms with Crippen LogP contribution in [0.3, 0.4) is 0 Å². The van der Waals surface area contributed by atoms with Gasteiger partial charge in [0.1, 0.15) is 0 Å². The van der Waals surface area contributed by atoms with Crippen LogP contribution >= 0.6 is 0 Å². The van der Waals surface area contributed by atoms with Gasteiger partial charge in [0.2, 0.25) is 0 Å². The Kier molecular flexibility index (Phi) is 3.92. The Bertz CT molecular complexity index is 276. The first-order valence-corrected chi connectivity index (χ1v) is 7.82. The molecule has 3 nitrogen and oxygen atoms in total. The zero-order valence-electron chi connectivity index (χ0n) is 11.8.